The van der Waals surface area contributed by atoms with Crippen LogP contribution in [0.25, 0.3) is 0 Å². The lowest BCUT2D eigenvalue weighted by molar-refractivity contribution is 0.0773. The lowest BCUT2D eigenvalue weighted by Gasteiger charge is -2.21. The second-order valence-corrected chi connectivity index (χ2v) is 6.39. The van der Waals surface area contributed by atoms with E-state index >= 15 is 0 Å². The molecule has 146 valence electrons. The van der Waals surface area contributed by atoms with Crippen LogP contribution in [-0.4, -0.2) is 42.7 Å². The molecule has 1 amide bonds. The van der Waals surface area contributed by atoms with Crippen LogP contribution in [0.15, 0.2) is 42.5 Å². The first-order valence-corrected chi connectivity index (χ1v) is 9.53. The van der Waals surface area contributed by atoms with Gasteiger partial charge in [-0.25, -0.2) is 0 Å². The van der Waals surface area contributed by atoms with Crippen molar-refractivity contribution in [2.24, 2.45) is 0 Å². The van der Waals surface area contributed by atoms with Crippen LogP contribution in [0, 0.1) is 0 Å². The molecule has 0 bridgehead atoms. The minimum absolute atomic E-state index is 0.00725. The summed E-state index contributed by atoms with van der Waals surface area (Å²) in [6.07, 6.45) is 0.808. The van der Waals surface area contributed by atoms with E-state index in [1.165, 1.54) is 0 Å². The van der Waals surface area contributed by atoms with Gasteiger partial charge in [0.15, 0.2) is 0 Å². The molecule has 0 aliphatic rings. The standard InChI is InChI=1S/C22H30N2O3/c1-5-16(15-25)21-19(9-8-10-20(21)27-4)23-18-13-11-17(12-14-18)22(26)24(6-2)7-3/h8-14,16,23,25H,5-7,15H2,1-4H3. The number of methoxy groups -OCH3 is 1. The van der Waals surface area contributed by atoms with Gasteiger partial charge in [0.1, 0.15) is 5.75 Å². The van der Waals surface area contributed by atoms with E-state index in [0.717, 1.165) is 29.1 Å². The van der Waals surface area contributed by atoms with E-state index < -0.39 is 0 Å². The number of carbonyl (C=O) groups is 1. The lowest BCUT2D eigenvalue weighted by Crippen LogP contribution is -2.30. The van der Waals surface area contributed by atoms with Crippen molar-refractivity contribution in [2.75, 3.05) is 32.1 Å². The minimum atomic E-state index is -0.00725. The zero-order chi connectivity index (χ0) is 19.8. The topological polar surface area (TPSA) is 61.8 Å². The van der Waals surface area contributed by atoms with E-state index in [0.29, 0.717) is 18.7 Å². The zero-order valence-corrected chi connectivity index (χ0v) is 16.7. The van der Waals surface area contributed by atoms with Gasteiger partial charge in [-0.15, -0.1) is 0 Å². The Balaban J connectivity index is 2.28. The summed E-state index contributed by atoms with van der Waals surface area (Å²) in [5.41, 5.74) is 3.43. The molecule has 1 atom stereocenters. The smallest absolute Gasteiger partial charge is 0.253 e. The largest absolute Gasteiger partial charge is 0.496 e. The van der Waals surface area contributed by atoms with Crippen molar-refractivity contribution in [3.05, 3.63) is 53.6 Å². The SMILES string of the molecule is CCC(CO)c1c(Nc2ccc(C(=O)N(CC)CC)cc2)cccc1OC. The number of aliphatic hydroxyl groups is 1. The minimum Gasteiger partial charge on any atom is -0.496 e. The summed E-state index contributed by atoms with van der Waals surface area (Å²) in [5, 5.41) is 13.2. The Labute approximate surface area is 162 Å². The molecule has 2 aromatic carbocycles. The summed E-state index contributed by atoms with van der Waals surface area (Å²) in [6.45, 7) is 7.46. The van der Waals surface area contributed by atoms with Crippen molar-refractivity contribution >= 4 is 17.3 Å². The van der Waals surface area contributed by atoms with Crippen molar-refractivity contribution in [2.45, 2.75) is 33.1 Å². The predicted octanol–water partition coefficient (Wildman–Crippen LogP) is 4.41. The van der Waals surface area contributed by atoms with Crippen LogP contribution >= 0.6 is 0 Å². The number of hydrogen-bond donors (Lipinski definition) is 2. The highest BCUT2D eigenvalue weighted by molar-refractivity contribution is 5.94. The first-order valence-electron chi connectivity index (χ1n) is 9.53. The number of nitrogens with zero attached hydrogens (tertiary/aromatic N) is 1. The van der Waals surface area contributed by atoms with Gasteiger partial charge in [0.25, 0.3) is 5.91 Å². The summed E-state index contributed by atoms with van der Waals surface area (Å²) >= 11 is 0. The Bertz CT molecular complexity index is 736. The second-order valence-electron chi connectivity index (χ2n) is 6.39. The Morgan fingerprint density at radius 3 is 2.30 bits per heavy atom. The van der Waals surface area contributed by atoms with Crippen LogP contribution in [0.1, 0.15) is 49.0 Å². The van der Waals surface area contributed by atoms with E-state index in [1.54, 1.807) is 12.0 Å². The summed E-state index contributed by atoms with van der Waals surface area (Å²) in [7, 11) is 1.64. The van der Waals surface area contributed by atoms with E-state index in [1.807, 2.05) is 63.2 Å². The van der Waals surface area contributed by atoms with Crippen LogP contribution in [0.3, 0.4) is 0 Å². The number of ether oxygens (including phenoxy) is 1. The first kappa shape index (κ1) is 20.8. The average Bonchev–Trinajstić information content (AvgIpc) is 2.71. The van der Waals surface area contributed by atoms with Crippen LogP contribution in [0.5, 0.6) is 5.75 Å². The molecule has 2 aromatic rings. The maximum atomic E-state index is 12.4. The Kier molecular flexibility index (Phi) is 7.67. The Morgan fingerprint density at radius 1 is 1.11 bits per heavy atom. The molecule has 2 rings (SSSR count). The maximum absolute atomic E-state index is 12.4. The van der Waals surface area contributed by atoms with Gasteiger partial charge >= 0.3 is 0 Å². The Morgan fingerprint density at radius 2 is 1.78 bits per heavy atom. The van der Waals surface area contributed by atoms with Crippen molar-refractivity contribution in [1.82, 2.24) is 4.90 Å². The van der Waals surface area contributed by atoms with Gasteiger partial charge in [-0.2, -0.15) is 0 Å². The number of anilines is 2. The average molecular weight is 370 g/mol. The first-order chi connectivity index (χ1) is 13.1. The summed E-state index contributed by atoms with van der Waals surface area (Å²) < 4.78 is 5.51. The van der Waals surface area contributed by atoms with Crippen LogP contribution < -0.4 is 10.1 Å². The van der Waals surface area contributed by atoms with Crippen LogP contribution in [-0.2, 0) is 0 Å². The lowest BCUT2D eigenvalue weighted by atomic mass is 9.94. The molecule has 2 N–H and O–H groups in total. The molecule has 0 heterocycles. The van der Waals surface area contributed by atoms with Crippen molar-refractivity contribution < 1.29 is 14.6 Å². The maximum Gasteiger partial charge on any atom is 0.253 e. The molecular formula is C22H30N2O3. The van der Waals surface area contributed by atoms with Gasteiger partial charge in [-0.1, -0.05) is 13.0 Å². The van der Waals surface area contributed by atoms with E-state index in [4.69, 9.17) is 4.74 Å². The van der Waals surface area contributed by atoms with E-state index in [-0.39, 0.29) is 18.4 Å². The molecule has 1 unspecified atom stereocenters. The molecule has 0 radical (unpaired) electrons. The molecule has 0 saturated heterocycles. The van der Waals surface area contributed by atoms with Gasteiger partial charge in [-0.3, -0.25) is 4.79 Å². The highest BCUT2D eigenvalue weighted by Gasteiger charge is 2.18. The van der Waals surface area contributed by atoms with Gasteiger partial charge in [0.05, 0.1) is 13.7 Å². The molecule has 0 aliphatic carbocycles. The fourth-order valence-corrected chi connectivity index (χ4v) is 3.22. The monoisotopic (exact) mass is 370 g/mol. The molecule has 5 nitrogen and oxygen atoms in total. The van der Waals surface area contributed by atoms with Crippen LogP contribution in [0.2, 0.25) is 0 Å². The molecule has 27 heavy (non-hydrogen) atoms. The number of nitrogens with one attached hydrogen (secondary N) is 1. The van der Waals surface area contributed by atoms with Crippen molar-refractivity contribution in [3.8, 4) is 5.75 Å². The number of carbonyl (C=O) groups excluding carboxylic acids is 1. The molecule has 0 spiro atoms. The quantitative estimate of drug-likeness (QED) is 0.686. The highest BCUT2D eigenvalue weighted by Crippen LogP contribution is 2.36. The summed E-state index contributed by atoms with van der Waals surface area (Å²) in [4.78, 5) is 14.2. The molecule has 0 fully saturated rings. The van der Waals surface area contributed by atoms with E-state index in [2.05, 4.69) is 5.32 Å². The van der Waals surface area contributed by atoms with Crippen molar-refractivity contribution in [1.29, 1.82) is 0 Å². The number of rotatable bonds is 9. The normalized spacial score (nSPS) is 11.7. The number of aliphatic hydroxyl groups excluding tert-OH is 1. The molecular weight excluding hydrogens is 340 g/mol. The molecule has 5 heteroatoms. The van der Waals surface area contributed by atoms with Gasteiger partial charge in [0, 0.05) is 41.5 Å². The number of benzene rings is 2. The predicted molar refractivity (Wildman–Crippen MR) is 110 cm³/mol. The molecule has 0 saturated carbocycles. The fourth-order valence-electron chi connectivity index (χ4n) is 3.22. The molecule has 0 aliphatic heterocycles. The highest BCUT2D eigenvalue weighted by atomic mass is 16.5. The van der Waals surface area contributed by atoms with Crippen molar-refractivity contribution in [3.63, 3.8) is 0 Å². The van der Waals surface area contributed by atoms with Gasteiger partial charge in [-0.05, 0) is 56.7 Å². The zero-order valence-electron chi connectivity index (χ0n) is 16.7. The number of amides is 1. The third-order valence-electron chi connectivity index (χ3n) is 4.87. The summed E-state index contributed by atoms with van der Waals surface area (Å²) in [6, 6.07) is 13.3. The van der Waals surface area contributed by atoms with Gasteiger partial charge in [0.2, 0.25) is 0 Å². The second kappa shape index (κ2) is 9.97. The third-order valence-corrected chi connectivity index (χ3v) is 4.87. The molecule has 0 aromatic heterocycles. The number of hydrogen-bond acceptors (Lipinski definition) is 4. The summed E-state index contributed by atoms with van der Waals surface area (Å²) in [5.74, 6) is 0.793. The Hall–Kier alpha value is -2.53. The van der Waals surface area contributed by atoms with Crippen LogP contribution in [0.4, 0.5) is 11.4 Å². The van der Waals surface area contributed by atoms with Gasteiger partial charge < -0.3 is 20.1 Å². The third kappa shape index (κ3) is 4.80. The fraction of sp³-hybridized carbons (Fsp3) is 0.409. The van der Waals surface area contributed by atoms with E-state index in [9.17, 15) is 9.90 Å².